The molecule has 0 radical (unpaired) electrons. The molecule has 0 amide bonds. The number of halogens is 1. The van der Waals surface area contributed by atoms with E-state index >= 15 is 0 Å². The Morgan fingerprint density at radius 3 is 2.38 bits per heavy atom. The molecule has 0 saturated carbocycles. The average molecular weight is 327 g/mol. The minimum absolute atomic E-state index is 1.21. The average Bonchev–Trinajstić information content (AvgIpc) is 2.95. The van der Waals surface area contributed by atoms with Gasteiger partial charge in [-0.2, -0.15) is 11.3 Å². The molecule has 0 spiro atoms. The summed E-state index contributed by atoms with van der Waals surface area (Å²) in [6, 6.07) is 6.55. The zero-order valence-corrected chi connectivity index (χ0v) is 12.2. The van der Waals surface area contributed by atoms with Crippen molar-refractivity contribution in [3.63, 3.8) is 0 Å². The number of hydrogen-bond donors (Lipinski definition) is 0. The topological polar surface area (TPSA) is 0 Å². The summed E-state index contributed by atoms with van der Waals surface area (Å²) in [5.41, 5.74) is 3.96. The molecule has 3 aromatic rings. The Morgan fingerprint density at radius 2 is 1.69 bits per heavy atom. The van der Waals surface area contributed by atoms with Gasteiger partial charge in [-0.25, -0.2) is 0 Å². The molecule has 0 aliphatic heterocycles. The number of thiophene rings is 3. The van der Waals surface area contributed by atoms with Crippen molar-refractivity contribution in [3.05, 3.63) is 43.5 Å². The fourth-order valence-corrected chi connectivity index (χ4v) is 4.70. The second-order valence-corrected chi connectivity index (χ2v) is 7.21. The predicted molar refractivity (Wildman–Crippen MR) is 78.6 cm³/mol. The van der Waals surface area contributed by atoms with Crippen LogP contribution in [-0.4, -0.2) is 0 Å². The second-order valence-electron chi connectivity index (χ2n) is 3.28. The van der Waals surface area contributed by atoms with E-state index in [-0.39, 0.29) is 0 Å². The monoisotopic (exact) mass is 326 g/mol. The number of hydrogen-bond acceptors (Lipinski definition) is 3. The third-order valence-corrected chi connectivity index (χ3v) is 5.68. The van der Waals surface area contributed by atoms with Gasteiger partial charge in [0.1, 0.15) is 0 Å². The van der Waals surface area contributed by atoms with Crippen molar-refractivity contribution in [3.8, 4) is 21.6 Å². The third kappa shape index (κ3) is 1.80. The van der Waals surface area contributed by atoms with E-state index in [0.717, 1.165) is 0 Å². The van der Waals surface area contributed by atoms with Crippen molar-refractivity contribution >= 4 is 49.9 Å². The molecule has 16 heavy (non-hydrogen) atoms. The molecule has 0 nitrogen and oxygen atoms in total. The summed E-state index contributed by atoms with van der Waals surface area (Å²) in [7, 11) is 0. The lowest BCUT2D eigenvalue weighted by Gasteiger charge is -2.00. The zero-order valence-electron chi connectivity index (χ0n) is 8.14. The Bertz CT molecular complexity index is 589. The SMILES string of the molecule is Brc1sccc1-c1sccc1-c1ccsc1. The molecule has 3 rings (SSSR count). The van der Waals surface area contributed by atoms with Gasteiger partial charge in [-0.3, -0.25) is 0 Å². The molecule has 4 heteroatoms. The molecule has 0 aliphatic carbocycles. The normalized spacial score (nSPS) is 10.8. The van der Waals surface area contributed by atoms with Crippen molar-refractivity contribution in [1.29, 1.82) is 0 Å². The van der Waals surface area contributed by atoms with Crippen molar-refractivity contribution in [1.82, 2.24) is 0 Å². The molecule has 0 fully saturated rings. The Morgan fingerprint density at radius 1 is 0.875 bits per heavy atom. The highest BCUT2D eigenvalue weighted by Gasteiger charge is 2.12. The Balaban J connectivity index is 2.17. The van der Waals surface area contributed by atoms with E-state index in [9.17, 15) is 0 Å². The minimum atomic E-state index is 1.21. The second kappa shape index (κ2) is 4.45. The maximum atomic E-state index is 3.61. The maximum absolute atomic E-state index is 3.61. The summed E-state index contributed by atoms with van der Waals surface area (Å²) in [4.78, 5) is 1.35. The fraction of sp³-hybridized carbons (Fsp3) is 0. The Labute approximate surface area is 114 Å². The molecule has 3 aromatic heterocycles. The van der Waals surface area contributed by atoms with Gasteiger partial charge in [0.05, 0.1) is 3.79 Å². The molecule has 80 valence electrons. The lowest BCUT2D eigenvalue weighted by atomic mass is 10.1. The zero-order chi connectivity index (χ0) is 11.0. The summed E-state index contributed by atoms with van der Waals surface area (Å²) < 4.78 is 1.21. The summed E-state index contributed by atoms with van der Waals surface area (Å²) >= 11 is 8.89. The van der Waals surface area contributed by atoms with E-state index in [2.05, 4.69) is 55.6 Å². The standard InChI is InChI=1S/C12H7BrS3/c13-12-10(3-6-16-12)11-9(2-5-15-11)8-1-4-14-7-8/h1-7H. The molecule has 0 unspecified atom stereocenters. The van der Waals surface area contributed by atoms with Crippen LogP contribution in [0.25, 0.3) is 21.6 Å². The van der Waals surface area contributed by atoms with Crippen LogP contribution in [0.15, 0.2) is 43.5 Å². The molecular formula is C12H7BrS3. The highest BCUT2D eigenvalue weighted by atomic mass is 79.9. The molecule has 0 bridgehead atoms. The quantitative estimate of drug-likeness (QED) is 0.544. The van der Waals surface area contributed by atoms with Gasteiger partial charge in [0.2, 0.25) is 0 Å². The van der Waals surface area contributed by atoms with Crippen LogP contribution in [0.3, 0.4) is 0 Å². The van der Waals surface area contributed by atoms with Gasteiger partial charge in [-0.05, 0) is 61.2 Å². The molecule has 0 aliphatic rings. The molecule has 0 atom stereocenters. The van der Waals surface area contributed by atoms with Crippen molar-refractivity contribution in [2.75, 3.05) is 0 Å². The van der Waals surface area contributed by atoms with Crippen LogP contribution in [-0.2, 0) is 0 Å². The van der Waals surface area contributed by atoms with Crippen LogP contribution in [0, 0.1) is 0 Å². The highest BCUT2D eigenvalue weighted by molar-refractivity contribution is 9.11. The van der Waals surface area contributed by atoms with Crippen LogP contribution < -0.4 is 0 Å². The molecule has 3 heterocycles. The van der Waals surface area contributed by atoms with E-state index in [4.69, 9.17) is 0 Å². The van der Waals surface area contributed by atoms with Gasteiger partial charge < -0.3 is 0 Å². The van der Waals surface area contributed by atoms with Crippen LogP contribution in [0.4, 0.5) is 0 Å². The van der Waals surface area contributed by atoms with Gasteiger partial charge in [0, 0.05) is 16.0 Å². The van der Waals surface area contributed by atoms with E-state index in [0.29, 0.717) is 0 Å². The molecule has 0 saturated heterocycles. The minimum Gasteiger partial charge on any atom is -0.152 e. The largest absolute Gasteiger partial charge is 0.152 e. The maximum Gasteiger partial charge on any atom is 0.0785 e. The van der Waals surface area contributed by atoms with E-state index < -0.39 is 0 Å². The molecule has 0 N–H and O–H groups in total. The number of rotatable bonds is 2. The third-order valence-electron chi connectivity index (χ3n) is 2.36. The first kappa shape index (κ1) is 10.7. The summed E-state index contributed by atoms with van der Waals surface area (Å²) in [5, 5.41) is 8.61. The fourth-order valence-electron chi connectivity index (χ4n) is 1.62. The summed E-state index contributed by atoms with van der Waals surface area (Å²) in [6.45, 7) is 0. The predicted octanol–water partition coefficient (Wildman–Crippen LogP) is 5.97. The first-order valence-corrected chi connectivity index (χ1v) is 8.19. The summed E-state index contributed by atoms with van der Waals surface area (Å²) in [6.07, 6.45) is 0. The van der Waals surface area contributed by atoms with Crippen LogP contribution in [0.2, 0.25) is 0 Å². The van der Waals surface area contributed by atoms with Crippen molar-refractivity contribution < 1.29 is 0 Å². The molecule has 0 aromatic carbocycles. The van der Waals surface area contributed by atoms with Crippen LogP contribution >= 0.6 is 49.9 Å². The van der Waals surface area contributed by atoms with Gasteiger partial charge in [0.25, 0.3) is 0 Å². The van der Waals surface area contributed by atoms with Crippen LogP contribution in [0.5, 0.6) is 0 Å². The van der Waals surface area contributed by atoms with Gasteiger partial charge in [0.15, 0.2) is 0 Å². The highest BCUT2D eigenvalue weighted by Crippen LogP contribution is 2.42. The van der Waals surface area contributed by atoms with Crippen LogP contribution in [0.1, 0.15) is 0 Å². The Hall–Kier alpha value is -0.420. The summed E-state index contributed by atoms with van der Waals surface area (Å²) in [5.74, 6) is 0. The Kier molecular flexibility index (Phi) is 2.98. The van der Waals surface area contributed by atoms with E-state index in [1.54, 1.807) is 34.0 Å². The van der Waals surface area contributed by atoms with Crippen molar-refractivity contribution in [2.45, 2.75) is 0 Å². The first-order valence-electron chi connectivity index (χ1n) is 4.69. The van der Waals surface area contributed by atoms with Gasteiger partial charge >= 0.3 is 0 Å². The lowest BCUT2D eigenvalue weighted by molar-refractivity contribution is 1.79. The lowest BCUT2D eigenvalue weighted by Crippen LogP contribution is -1.73. The van der Waals surface area contributed by atoms with E-state index in [1.807, 2.05) is 0 Å². The van der Waals surface area contributed by atoms with Gasteiger partial charge in [-0.1, -0.05) is 0 Å². The first-order chi connectivity index (χ1) is 7.86. The van der Waals surface area contributed by atoms with Crippen molar-refractivity contribution in [2.24, 2.45) is 0 Å². The van der Waals surface area contributed by atoms with E-state index in [1.165, 1.54) is 25.4 Å². The smallest absolute Gasteiger partial charge is 0.0785 e. The molecular weight excluding hydrogens is 320 g/mol. The van der Waals surface area contributed by atoms with Gasteiger partial charge in [-0.15, -0.1) is 22.7 Å².